The quantitative estimate of drug-likeness (QED) is 0.266. The Hall–Kier alpha value is -2.13. The van der Waals surface area contributed by atoms with E-state index in [2.05, 4.69) is 52.5 Å². The molecule has 1 amide bonds. The highest BCUT2D eigenvalue weighted by Crippen LogP contribution is 2.28. The van der Waals surface area contributed by atoms with E-state index in [1.54, 1.807) is 0 Å². The number of fused-ring (bicyclic) bond motifs is 1. The summed E-state index contributed by atoms with van der Waals surface area (Å²) >= 11 is 0. The predicted octanol–water partition coefficient (Wildman–Crippen LogP) is 3.93. The molecule has 2 aliphatic rings. The molecule has 0 spiro atoms. The number of nitrogens with zero attached hydrogens (tertiary/aromatic N) is 3. The summed E-state index contributed by atoms with van der Waals surface area (Å²) in [5.41, 5.74) is 4.83. The van der Waals surface area contributed by atoms with Crippen molar-refractivity contribution in [3.05, 3.63) is 65.2 Å². The van der Waals surface area contributed by atoms with E-state index < -0.39 is 0 Å². The number of hydrogen-bond acceptors (Lipinski definition) is 3. The van der Waals surface area contributed by atoms with Crippen LogP contribution in [0.5, 0.6) is 0 Å². The monoisotopic (exact) mass is 548 g/mol. The van der Waals surface area contributed by atoms with Gasteiger partial charge in [-0.15, -0.1) is 24.0 Å². The fourth-order valence-electron chi connectivity index (χ4n) is 4.48. The number of anilines is 1. The second kappa shape index (κ2) is 11.7. The third-order valence-corrected chi connectivity index (χ3v) is 6.15. The van der Waals surface area contributed by atoms with Gasteiger partial charge in [0.1, 0.15) is 6.10 Å². The molecule has 6 nitrogen and oxygen atoms in total. The minimum atomic E-state index is 0. The number of aliphatic imine (C=N–C) groups is 1. The Morgan fingerprint density at radius 3 is 2.75 bits per heavy atom. The molecule has 1 N–H and O–H groups in total. The molecule has 2 heterocycles. The molecule has 2 aromatic rings. The van der Waals surface area contributed by atoms with Gasteiger partial charge in [0.25, 0.3) is 0 Å². The van der Waals surface area contributed by atoms with Gasteiger partial charge in [0.2, 0.25) is 5.91 Å². The van der Waals surface area contributed by atoms with Crippen LogP contribution in [-0.4, -0.2) is 56.6 Å². The first-order valence-electron chi connectivity index (χ1n) is 11.2. The summed E-state index contributed by atoms with van der Waals surface area (Å²) in [6.45, 7) is 5.90. The van der Waals surface area contributed by atoms with Crippen LogP contribution in [0.15, 0.2) is 53.5 Å². The van der Waals surface area contributed by atoms with Gasteiger partial charge >= 0.3 is 0 Å². The number of rotatable bonds is 5. The average Bonchev–Trinajstić information content (AvgIpc) is 3.24. The second-order valence-corrected chi connectivity index (χ2v) is 8.16. The molecule has 1 fully saturated rings. The SMILES string of the molecule is CN=C(NCCCC(=O)N1CCc2ccccc21)N1CCOC(c2ccccc2C)C1.I. The van der Waals surface area contributed by atoms with E-state index >= 15 is 0 Å². The molecule has 0 aliphatic carbocycles. The number of halogens is 1. The lowest BCUT2D eigenvalue weighted by Gasteiger charge is -2.35. The molecule has 32 heavy (non-hydrogen) atoms. The average molecular weight is 548 g/mol. The first-order valence-corrected chi connectivity index (χ1v) is 11.2. The van der Waals surface area contributed by atoms with Gasteiger partial charge in [0.15, 0.2) is 5.96 Å². The number of guanidine groups is 1. The fraction of sp³-hybridized carbons (Fsp3) is 0.440. The maximum Gasteiger partial charge on any atom is 0.227 e. The third kappa shape index (κ3) is 5.61. The number of ether oxygens (including phenoxy) is 1. The summed E-state index contributed by atoms with van der Waals surface area (Å²) in [6, 6.07) is 16.6. The maximum absolute atomic E-state index is 12.7. The Labute approximate surface area is 208 Å². The van der Waals surface area contributed by atoms with Crippen molar-refractivity contribution in [2.24, 2.45) is 4.99 Å². The van der Waals surface area contributed by atoms with Crippen molar-refractivity contribution in [3.8, 4) is 0 Å². The second-order valence-electron chi connectivity index (χ2n) is 8.16. The number of nitrogens with one attached hydrogen (secondary N) is 1. The summed E-state index contributed by atoms with van der Waals surface area (Å²) in [5, 5.41) is 3.44. The molecular formula is C25H33IN4O2. The Balaban J connectivity index is 0.00000289. The molecule has 0 aromatic heterocycles. The Morgan fingerprint density at radius 2 is 1.94 bits per heavy atom. The standard InChI is InChI=1S/C25H32N4O2.HI/c1-19-8-3-5-10-21(19)23-18-28(16-17-31-23)25(26-2)27-14-7-12-24(30)29-15-13-20-9-4-6-11-22(20)29;/h3-6,8-11,23H,7,12-18H2,1-2H3,(H,26,27);1H. The molecule has 0 bridgehead atoms. The topological polar surface area (TPSA) is 57.2 Å². The molecule has 4 rings (SSSR count). The first kappa shape index (κ1) is 24.5. The number of amides is 1. The van der Waals surface area contributed by atoms with Gasteiger partial charge in [0.05, 0.1) is 13.2 Å². The van der Waals surface area contributed by atoms with Gasteiger partial charge in [-0.3, -0.25) is 9.79 Å². The Morgan fingerprint density at radius 1 is 1.16 bits per heavy atom. The van der Waals surface area contributed by atoms with E-state index in [9.17, 15) is 4.79 Å². The van der Waals surface area contributed by atoms with E-state index in [1.165, 1.54) is 16.7 Å². The normalized spacial score (nSPS) is 18.2. The summed E-state index contributed by atoms with van der Waals surface area (Å²) < 4.78 is 6.04. The van der Waals surface area contributed by atoms with Gasteiger partial charge in [-0.25, -0.2) is 0 Å². The number of hydrogen-bond donors (Lipinski definition) is 1. The minimum absolute atomic E-state index is 0. The van der Waals surface area contributed by atoms with Crippen molar-refractivity contribution in [2.75, 3.05) is 44.7 Å². The zero-order valence-corrected chi connectivity index (χ0v) is 21.2. The van der Waals surface area contributed by atoms with Crippen molar-refractivity contribution in [2.45, 2.75) is 32.3 Å². The molecule has 2 aliphatic heterocycles. The minimum Gasteiger partial charge on any atom is -0.370 e. The molecule has 0 radical (unpaired) electrons. The molecule has 1 atom stereocenters. The third-order valence-electron chi connectivity index (χ3n) is 6.15. The van der Waals surface area contributed by atoms with E-state index in [4.69, 9.17) is 4.74 Å². The highest BCUT2D eigenvalue weighted by atomic mass is 127. The molecule has 7 heteroatoms. The van der Waals surface area contributed by atoms with E-state index in [1.807, 2.05) is 30.1 Å². The Bertz CT molecular complexity index is 949. The predicted molar refractivity (Wildman–Crippen MR) is 140 cm³/mol. The summed E-state index contributed by atoms with van der Waals surface area (Å²) in [5.74, 6) is 1.08. The summed E-state index contributed by atoms with van der Waals surface area (Å²) in [6.07, 6.45) is 2.31. The first-order chi connectivity index (χ1) is 15.2. The largest absolute Gasteiger partial charge is 0.370 e. The number of aryl methyl sites for hydroxylation is 1. The highest BCUT2D eigenvalue weighted by molar-refractivity contribution is 14.0. The molecule has 0 saturated carbocycles. The fourth-order valence-corrected chi connectivity index (χ4v) is 4.48. The van der Waals surface area contributed by atoms with Crippen LogP contribution in [0.1, 0.15) is 35.6 Å². The summed E-state index contributed by atoms with van der Waals surface area (Å²) in [7, 11) is 1.81. The van der Waals surface area contributed by atoms with Gasteiger partial charge < -0.3 is 19.9 Å². The molecule has 1 saturated heterocycles. The van der Waals surface area contributed by atoms with E-state index in [0.29, 0.717) is 13.0 Å². The van der Waals surface area contributed by atoms with Crippen molar-refractivity contribution in [1.29, 1.82) is 0 Å². The van der Waals surface area contributed by atoms with Crippen LogP contribution < -0.4 is 10.2 Å². The molecule has 2 aromatic carbocycles. The number of benzene rings is 2. The highest BCUT2D eigenvalue weighted by Gasteiger charge is 2.26. The summed E-state index contributed by atoms with van der Waals surface area (Å²) in [4.78, 5) is 21.3. The van der Waals surface area contributed by atoms with Crippen LogP contribution in [0.2, 0.25) is 0 Å². The van der Waals surface area contributed by atoms with E-state index in [0.717, 1.165) is 50.7 Å². The van der Waals surface area contributed by atoms with Gasteiger partial charge in [-0.1, -0.05) is 42.5 Å². The van der Waals surface area contributed by atoms with Crippen molar-refractivity contribution < 1.29 is 9.53 Å². The zero-order chi connectivity index (χ0) is 21.6. The van der Waals surface area contributed by atoms with Crippen molar-refractivity contribution in [1.82, 2.24) is 10.2 Å². The number of carbonyl (C=O) groups is 1. The van der Waals surface area contributed by atoms with Crippen LogP contribution in [-0.2, 0) is 16.0 Å². The lowest BCUT2D eigenvalue weighted by Crippen LogP contribution is -2.48. The smallest absolute Gasteiger partial charge is 0.227 e. The van der Waals surface area contributed by atoms with E-state index in [-0.39, 0.29) is 36.0 Å². The van der Waals surface area contributed by atoms with Crippen LogP contribution >= 0.6 is 24.0 Å². The van der Waals surface area contributed by atoms with Crippen molar-refractivity contribution in [3.63, 3.8) is 0 Å². The Kier molecular flexibility index (Phi) is 8.92. The van der Waals surface area contributed by atoms with Crippen LogP contribution in [0.4, 0.5) is 5.69 Å². The number of carbonyl (C=O) groups excluding carboxylic acids is 1. The molecule has 1 unspecified atom stereocenters. The van der Waals surface area contributed by atoms with Crippen LogP contribution in [0.3, 0.4) is 0 Å². The van der Waals surface area contributed by atoms with Crippen LogP contribution in [0.25, 0.3) is 0 Å². The number of morpholine rings is 1. The van der Waals surface area contributed by atoms with Gasteiger partial charge in [-0.05, 0) is 42.5 Å². The lowest BCUT2D eigenvalue weighted by molar-refractivity contribution is -0.118. The maximum atomic E-state index is 12.7. The van der Waals surface area contributed by atoms with Crippen LogP contribution in [0, 0.1) is 6.92 Å². The lowest BCUT2D eigenvalue weighted by atomic mass is 10.0. The van der Waals surface area contributed by atoms with Gasteiger partial charge in [-0.2, -0.15) is 0 Å². The van der Waals surface area contributed by atoms with Crippen molar-refractivity contribution >= 4 is 41.5 Å². The molecular weight excluding hydrogens is 515 g/mol. The number of para-hydroxylation sites is 1. The van der Waals surface area contributed by atoms with Gasteiger partial charge in [0, 0.05) is 38.8 Å². The molecule has 172 valence electrons. The zero-order valence-electron chi connectivity index (χ0n) is 18.9.